The Morgan fingerprint density at radius 2 is 2.36 bits per heavy atom. The minimum atomic E-state index is -0.552. The summed E-state index contributed by atoms with van der Waals surface area (Å²) in [6, 6.07) is 2.82. The van der Waals surface area contributed by atoms with Crippen LogP contribution < -0.4 is 10.5 Å². The number of rotatable bonds is 5. The second kappa shape index (κ2) is 5.13. The lowest BCUT2D eigenvalue weighted by Crippen LogP contribution is -2.06. The van der Waals surface area contributed by atoms with Gasteiger partial charge in [0.2, 0.25) is 0 Å². The predicted molar refractivity (Wildman–Crippen MR) is 50.1 cm³/mol. The van der Waals surface area contributed by atoms with Gasteiger partial charge in [0.25, 0.3) is 0 Å². The largest absolute Gasteiger partial charge is 0.490 e. The molecule has 1 rings (SSSR count). The summed E-state index contributed by atoms with van der Waals surface area (Å²) in [6.07, 6.45) is 2.08. The minimum Gasteiger partial charge on any atom is -0.490 e. The third-order valence-electron chi connectivity index (χ3n) is 1.52. The van der Waals surface area contributed by atoms with Crippen molar-refractivity contribution in [3.8, 4) is 5.75 Å². The van der Waals surface area contributed by atoms with Gasteiger partial charge in [-0.2, -0.15) is 0 Å². The van der Waals surface area contributed by atoms with E-state index in [2.05, 4.69) is 4.98 Å². The van der Waals surface area contributed by atoms with E-state index in [4.69, 9.17) is 10.5 Å². The number of nitro groups is 1. The SMILES string of the molecule is NCCCOc1ccc([N+](=O)[O-])nc1. The maximum atomic E-state index is 10.3. The van der Waals surface area contributed by atoms with E-state index >= 15 is 0 Å². The van der Waals surface area contributed by atoms with Gasteiger partial charge in [-0.05, 0) is 28.9 Å². The van der Waals surface area contributed by atoms with Gasteiger partial charge in [0, 0.05) is 6.07 Å². The summed E-state index contributed by atoms with van der Waals surface area (Å²) in [5.41, 5.74) is 5.27. The topological polar surface area (TPSA) is 91.3 Å². The Hall–Kier alpha value is -1.69. The van der Waals surface area contributed by atoms with E-state index in [-0.39, 0.29) is 5.82 Å². The van der Waals surface area contributed by atoms with E-state index in [1.54, 1.807) is 0 Å². The molecule has 0 aliphatic rings. The predicted octanol–water partition coefficient (Wildman–Crippen LogP) is 0.717. The molecule has 0 unspecified atom stereocenters. The summed E-state index contributed by atoms with van der Waals surface area (Å²) < 4.78 is 5.22. The number of aromatic nitrogens is 1. The number of hydrogen-bond donors (Lipinski definition) is 1. The van der Waals surface area contributed by atoms with Gasteiger partial charge in [-0.15, -0.1) is 0 Å². The lowest BCUT2D eigenvalue weighted by atomic mass is 10.4. The molecule has 1 heterocycles. The third kappa shape index (κ3) is 2.98. The van der Waals surface area contributed by atoms with E-state index in [1.807, 2.05) is 0 Å². The lowest BCUT2D eigenvalue weighted by molar-refractivity contribution is -0.389. The summed E-state index contributed by atoms with van der Waals surface area (Å²) in [5, 5.41) is 10.3. The van der Waals surface area contributed by atoms with Crippen molar-refractivity contribution < 1.29 is 9.66 Å². The highest BCUT2D eigenvalue weighted by atomic mass is 16.6. The van der Waals surface area contributed by atoms with Crippen LogP contribution in [0, 0.1) is 10.1 Å². The molecule has 6 heteroatoms. The van der Waals surface area contributed by atoms with Crippen molar-refractivity contribution >= 4 is 5.82 Å². The van der Waals surface area contributed by atoms with Crippen molar-refractivity contribution in [1.29, 1.82) is 0 Å². The van der Waals surface area contributed by atoms with Gasteiger partial charge < -0.3 is 20.6 Å². The highest BCUT2D eigenvalue weighted by Gasteiger charge is 2.06. The average molecular weight is 197 g/mol. The smallest absolute Gasteiger partial charge is 0.363 e. The first-order valence-electron chi connectivity index (χ1n) is 4.17. The summed E-state index contributed by atoms with van der Waals surface area (Å²) >= 11 is 0. The Morgan fingerprint density at radius 3 is 2.86 bits per heavy atom. The molecule has 0 aromatic carbocycles. The molecule has 2 N–H and O–H groups in total. The molecule has 0 bridgehead atoms. The molecule has 0 aliphatic carbocycles. The molecule has 76 valence electrons. The van der Waals surface area contributed by atoms with Crippen molar-refractivity contribution in [1.82, 2.24) is 4.98 Å². The molecule has 0 saturated heterocycles. The molecular weight excluding hydrogens is 186 g/mol. The molecule has 0 radical (unpaired) electrons. The maximum Gasteiger partial charge on any atom is 0.363 e. The van der Waals surface area contributed by atoms with E-state index < -0.39 is 4.92 Å². The van der Waals surface area contributed by atoms with Crippen LogP contribution in [0.4, 0.5) is 5.82 Å². The summed E-state index contributed by atoms with van der Waals surface area (Å²) in [4.78, 5) is 13.3. The Kier molecular flexibility index (Phi) is 3.81. The van der Waals surface area contributed by atoms with Crippen molar-refractivity contribution in [3.05, 3.63) is 28.4 Å². The maximum absolute atomic E-state index is 10.3. The van der Waals surface area contributed by atoms with Crippen molar-refractivity contribution in [3.63, 3.8) is 0 Å². The molecule has 0 aliphatic heterocycles. The van der Waals surface area contributed by atoms with Crippen LogP contribution in [0.3, 0.4) is 0 Å². The number of nitrogens with zero attached hydrogens (tertiary/aromatic N) is 2. The van der Waals surface area contributed by atoms with Gasteiger partial charge in [0.15, 0.2) is 11.9 Å². The third-order valence-corrected chi connectivity index (χ3v) is 1.52. The lowest BCUT2D eigenvalue weighted by Gasteiger charge is -2.01. The summed E-state index contributed by atoms with van der Waals surface area (Å²) in [7, 11) is 0. The first kappa shape index (κ1) is 10.4. The molecule has 0 amide bonds. The molecule has 0 spiro atoms. The van der Waals surface area contributed by atoms with E-state index in [1.165, 1.54) is 18.3 Å². The number of nitrogens with two attached hydrogens (primary N) is 1. The fourth-order valence-electron chi connectivity index (χ4n) is 0.839. The molecular formula is C8H11N3O3. The van der Waals surface area contributed by atoms with Gasteiger partial charge in [-0.3, -0.25) is 0 Å². The second-order valence-electron chi connectivity index (χ2n) is 2.60. The van der Waals surface area contributed by atoms with Gasteiger partial charge in [0.05, 0.1) is 6.61 Å². The van der Waals surface area contributed by atoms with Gasteiger partial charge >= 0.3 is 5.82 Å². The van der Waals surface area contributed by atoms with E-state index in [9.17, 15) is 10.1 Å². The van der Waals surface area contributed by atoms with Crippen LogP contribution in [0.25, 0.3) is 0 Å². The molecule has 1 aromatic heterocycles. The van der Waals surface area contributed by atoms with Crippen LogP contribution in [0.15, 0.2) is 18.3 Å². The fraction of sp³-hybridized carbons (Fsp3) is 0.375. The van der Waals surface area contributed by atoms with Crippen molar-refractivity contribution in [2.45, 2.75) is 6.42 Å². The molecule has 0 fully saturated rings. The zero-order valence-electron chi connectivity index (χ0n) is 7.55. The van der Waals surface area contributed by atoms with Gasteiger partial charge in [-0.25, -0.2) is 0 Å². The van der Waals surface area contributed by atoms with Gasteiger partial charge in [0.1, 0.15) is 0 Å². The Bertz CT molecular complexity index is 299. The number of ether oxygens (including phenoxy) is 1. The average Bonchev–Trinajstić information content (AvgIpc) is 2.19. The highest BCUT2D eigenvalue weighted by molar-refractivity contribution is 5.26. The van der Waals surface area contributed by atoms with Crippen LogP contribution in [-0.4, -0.2) is 23.1 Å². The van der Waals surface area contributed by atoms with Crippen LogP contribution in [0.2, 0.25) is 0 Å². The Morgan fingerprint density at radius 1 is 1.57 bits per heavy atom. The quantitative estimate of drug-likeness (QED) is 0.426. The van der Waals surface area contributed by atoms with E-state index in [0.29, 0.717) is 18.9 Å². The summed E-state index contributed by atoms with van der Waals surface area (Å²) in [6.45, 7) is 1.05. The zero-order chi connectivity index (χ0) is 10.4. The zero-order valence-corrected chi connectivity index (χ0v) is 7.55. The monoisotopic (exact) mass is 197 g/mol. The van der Waals surface area contributed by atoms with E-state index in [0.717, 1.165) is 6.42 Å². The number of hydrogen-bond acceptors (Lipinski definition) is 5. The Labute approximate surface area is 80.9 Å². The molecule has 6 nitrogen and oxygen atoms in total. The van der Waals surface area contributed by atoms with Crippen LogP contribution in [-0.2, 0) is 0 Å². The first-order valence-corrected chi connectivity index (χ1v) is 4.17. The molecule has 1 aromatic rings. The normalized spacial score (nSPS) is 9.79. The molecule has 0 saturated carbocycles. The summed E-state index contributed by atoms with van der Waals surface area (Å²) in [5.74, 6) is 0.334. The van der Waals surface area contributed by atoms with Crippen LogP contribution >= 0.6 is 0 Å². The molecule has 14 heavy (non-hydrogen) atoms. The van der Waals surface area contributed by atoms with Crippen LogP contribution in [0.5, 0.6) is 5.75 Å². The van der Waals surface area contributed by atoms with Crippen molar-refractivity contribution in [2.24, 2.45) is 5.73 Å². The standard InChI is InChI=1S/C8H11N3O3/c9-4-1-5-14-7-2-3-8(10-6-7)11(12)13/h2-3,6H,1,4-5,9H2. The second-order valence-corrected chi connectivity index (χ2v) is 2.60. The minimum absolute atomic E-state index is 0.184. The van der Waals surface area contributed by atoms with Crippen molar-refractivity contribution in [2.75, 3.05) is 13.2 Å². The fourth-order valence-corrected chi connectivity index (χ4v) is 0.839. The highest BCUT2D eigenvalue weighted by Crippen LogP contribution is 2.13. The van der Waals surface area contributed by atoms with Gasteiger partial charge in [-0.1, -0.05) is 0 Å². The first-order chi connectivity index (χ1) is 6.74. The number of pyridine rings is 1. The Balaban J connectivity index is 2.51. The molecule has 0 atom stereocenters. The van der Waals surface area contributed by atoms with Crippen LogP contribution in [0.1, 0.15) is 6.42 Å².